The third-order valence-electron chi connectivity index (χ3n) is 7.99. The number of benzene rings is 1. The van der Waals surface area contributed by atoms with Crippen LogP contribution in [0, 0.1) is 16.7 Å². The van der Waals surface area contributed by atoms with Crippen molar-refractivity contribution in [3.8, 4) is 0 Å². The summed E-state index contributed by atoms with van der Waals surface area (Å²) in [6, 6.07) is 8.55. The molecule has 0 amide bonds. The van der Waals surface area contributed by atoms with E-state index in [1.165, 1.54) is 56.8 Å². The standard InChI is InChI=1S/C24H32N4/c1-22-11-17-12-23(2,14-22)16-24(13-17,15-22)27-20-18-7-3-4-8-19(18)25-21(26-20)28-9-5-6-10-28/h3-4,7-8,17H,5-6,9-16H2,1-2H3,(H,25,26,27). The molecule has 0 radical (unpaired) electrons. The molecule has 1 saturated heterocycles. The van der Waals surface area contributed by atoms with Gasteiger partial charge in [-0.25, -0.2) is 4.98 Å². The molecule has 4 aliphatic carbocycles. The van der Waals surface area contributed by atoms with E-state index in [0.717, 1.165) is 36.3 Å². The normalized spacial score (nSPS) is 39.1. The van der Waals surface area contributed by atoms with Crippen molar-refractivity contribution in [1.82, 2.24) is 9.97 Å². The van der Waals surface area contributed by atoms with Gasteiger partial charge in [-0.3, -0.25) is 0 Å². The molecule has 1 aliphatic heterocycles. The smallest absolute Gasteiger partial charge is 0.227 e. The predicted molar refractivity (Wildman–Crippen MR) is 115 cm³/mol. The van der Waals surface area contributed by atoms with Crippen LogP contribution in [0.2, 0.25) is 0 Å². The lowest BCUT2D eigenvalue weighted by atomic mass is 9.43. The molecule has 1 aromatic carbocycles. The van der Waals surface area contributed by atoms with Gasteiger partial charge in [0.1, 0.15) is 5.82 Å². The predicted octanol–water partition coefficient (Wildman–Crippen LogP) is 5.39. The Morgan fingerprint density at radius 2 is 1.64 bits per heavy atom. The Bertz CT molecular complexity index is 913. The molecule has 5 fully saturated rings. The van der Waals surface area contributed by atoms with Gasteiger partial charge in [-0.05, 0) is 80.2 Å². The molecule has 2 unspecified atom stereocenters. The van der Waals surface area contributed by atoms with Gasteiger partial charge in [0.05, 0.1) is 5.52 Å². The van der Waals surface area contributed by atoms with E-state index >= 15 is 0 Å². The number of hydrogen-bond donors (Lipinski definition) is 1. The molecule has 4 saturated carbocycles. The van der Waals surface area contributed by atoms with Gasteiger partial charge >= 0.3 is 0 Å². The number of rotatable bonds is 3. The van der Waals surface area contributed by atoms with Crippen molar-refractivity contribution in [3.63, 3.8) is 0 Å². The highest BCUT2D eigenvalue weighted by molar-refractivity contribution is 5.90. The lowest BCUT2D eigenvalue weighted by molar-refractivity contribution is -0.0973. The van der Waals surface area contributed by atoms with E-state index in [2.05, 4.69) is 48.3 Å². The van der Waals surface area contributed by atoms with Gasteiger partial charge in [-0.2, -0.15) is 4.98 Å². The Kier molecular flexibility index (Phi) is 3.42. The van der Waals surface area contributed by atoms with E-state index in [4.69, 9.17) is 9.97 Å². The second-order valence-electron chi connectivity index (χ2n) is 11.1. The van der Waals surface area contributed by atoms with Crippen molar-refractivity contribution in [2.24, 2.45) is 16.7 Å². The van der Waals surface area contributed by atoms with E-state index in [-0.39, 0.29) is 5.54 Å². The van der Waals surface area contributed by atoms with E-state index in [1.807, 2.05) is 0 Å². The van der Waals surface area contributed by atoms with Crippen LogP contribution in [0.3, 0.4) is 0 Å². The van der Waals surface area contributed by atoms with Crippen molar-refractivity contribution in [2.45, 2.75) is 70.8 Å². The van der Waals surface area contributed by atoms with Crippen LogP contribution in [0.4, 0.5) is 11.8 Å². The molecule has 2 aromatic rings. The molecule has 1 N–H and O–H groups in total. The van der Waals surface area contributed by atoms with Crippen molar-refractivity contribution >= 4 is 22.7 Å². The number of aromatic nitrogens is 2. The molecule has 7 rings (SSSR count). The summed E-state index contributed by atoms with van der Waals surface area (Å²) >= 11 is 0. The number of para-hydroxylation sites is 1. The van der Waals surface area contributed by atoms with E-state index in [1.54, 1.807) is 0 Å². The van der Waals surface area contributed by atoms with Gasteiger partial charge in [0.15, 0.2) is 0 Å². The molecule has 28 heavy (non-hydrogen) atoms. The maximum absolute atomic E-state index is 5.11. The first-order valence-corrected chi connectivity index (χ1v) is 11.2. The van der Waals surface area contributed by atoms with Crippen LogP contribution in [0.15, 0.2) is 24.3 Å². The SMILES string of the molecule is CC12CC3CC(C)(C1)CC(Nc1nc(N4CCCC4)nc4ccccc14)(C3)C2. The van der Waals surface area contributed by atoms with Gasteiger partial charge in [-0.15, -0.1) is 0 Å². The highest BCUT2D eigenvalue weighted by Crippen LogP contribution is 2.66. The lowest BCUT2D eigenvalue weighted by Gasteiger charge is -2.65. The fourth-order valence-corrected chi connectivity index (χ4v) is 8.06. The van der Waals surface area contributed by atoms with Crippen LogP contribution in [0.25, 0.3) is 10.9 Å². The zero-order chi connectivity index (χ0) is 19.0. The summed E-state index contributed by atoms with van der Waals surface area (Å²) in [6.07, 6.45) is 10.7. The van der Waals surface area contributed by atoms with Crippen molar-refractivity contribution < 1.29 is 0 Å². The molecule has 4 heteroatoms. The first kappa shape index (κ1) is 17.1. The summed E-state index contributed by atoms with van der Waals surface area (Å²) in [6.45, 7) is 7.25. The highest BCUT2D eigenvalue weighted by Gasteiger charge is 2.60. The van der Waals surface area contributed by atoms with Crippen LogP contribution >= 0.6 is 0 Å². The number of fused-ring (bicyclic) bond motifs is 1. The molecule has 148 valence electrons. The maximum atomic E-state index is 5.11. The number of nitrogens with zero attached hydrogens (tertiary/aromatic N) is 3. The van der Waals surface area contributed by atoms with Gasteiger partial charge in [0.25, 0.3) is 0 Å². The van der Waals surface area contributed by atoms with Crippen LogP contribution in [0.5, 0.6) is 0 Å². The molecule has 5 aliphatic rings. The van der Waals surface area contributed by atoms with Crippen LogP contribution in [-0.4, -0.2) is 28.6 Å². The zero-order valence-corrected chi connectivity index (χ0v) is 17.3. The number of anilines is 2. The van der Waals surface area contributed by atoms with Crippen LogP contribution in [0.1, 0.15) is 65.2 Å². The van der Waals surface area contributed by atoms with Crippen molar-refractivity contribution in [1.29, 1.82) is 0 Å². The first-order valence-electron chi connectivity index (χ1n) is 11.2. The third-order valence-corrected chi connectivity index (χ3v) is 7.99. The van der Waals surface area contributed by atoms with Gasteiger partial charge in [0, 0.05) is 24.0 Å². The Morgan fingerprint density at radius 1 is 0.929 bits per heavy atom. The fourth-order valence-electron chi connectivity index (χ4n) is 8.06. The summed E-state index contributed by atoms with van der Waals surface area (Å²) in [7, 11) is 0. The van der Waals surface area contributed by atoms with Crippen molar-refractivity contribution in [3.05, 3.63) is 24.3 Å². The number of nitrogens with one attached hydrogen (secondary N) is 1. The summed E-state index contributed by atoms with van der Waals surface area (Å²) in [5.41, 5.74) is 2.29. The molecule has 0 spiro atoms. The largest absolute Gasteiger partial charge is 0.364 e. The van der Waals surface area contributed by atoms with E-state index in [9.17, 15) is 0 Å². The van der Waals surface area contributed by atoms with Crippen LogP contribution in [-0.2, 0) is 0 Å². The second kappa shape index (κ2) is 5.61. The molecule has 1 aromatic heterocycles. The topological polar surface area (TPSA) is 41.1 Å². The van der Waals surface area contributed by atoms with Gasteiger partial charge in [-0.1, -0.05) is 26.0 Å². The quantitative estimate of drug-likeness (QED) is 0.780. The number of hydrogen-bond acceptors (Lipinski definition) is 4. The van der Waals surface area contributed by atoms with Gasteiger partial charge < -0.3 is 10.2 Å². The van der Waals surface area contributed by atoms with Crippen molar-refractivity contribution in [2.75, 3.05) is 23.3 Å². The first-order chi connectivity index (χ1) is 13.4. The summed E-state index contributed by atoms with van der Waals surface area (Å²) in [5.74, 6) is 2.87. The zero-order valence-electron chi connectivity index (χ0n) is 17.3. The fraction of sp³-hybridized carbons (Fsp3) is 0.667. The Morgan fingerprint density at radius 3 is 2.36 bits per heavy atom. The molecular formula is C24H32N4. The molecule has 4 nitrogen and oxygen atoms in total. The maximum Gasteiger partial charge on any atom is 0.227 e. The van der Waals surface area contributed by atoms with Gasteiger partial charge in [0.2, 0.25) is 5.95 Å². The second-order valence-corrected chi connectivity index (χ2v) is 11.1. The Labute approximate surface area is 168 Å². The molecule has 2 heterocycles. The highest BCUT2D eigenvalue weighted by atomic mass is 15.3. The lowest BCUT2D eigenvalue weighted by Crippen LogP contribution is -2.61. The summed E-state index contributed by atoms with van der Waals surface area (Å²) in [5, 5.41) is 5.24. The summed E-state index contributed by atoms with van der Waals surface area (Å²) < 4.78 is 0. The minimum absolute atomic E-state index is 0.211. The Hall–Kier alpha value is -1.84. The molecular weight excluding hydrogens is 344 g/mol. The molecule has 4 bridgehead atoms. The average molecular weight is 377 g/mol. The monoisotopic (exact) mass is 376 g/mol. The minimum atomic E-state index is 0.211. The molecule has 2 atom stereocenters. The average Bonchev–Trinajstić information content (AvgIpc) is 3.13. The third kappa shape index (κ3) is 2.63. The Balaban J connectivity index is 1.43. The summed E-state index contributed by atoms with van der Waals surface area (Å²) in [4.78, 5) is 12.4. The van der Waals surface area contributed by atoms with E-state index in [0.29, 0.717) is 10.8 Å². The van der Waals surface area contributed by atoms with Crippen LogP contribution < -0.4 is 10.2 Å². The minimum Gasteiger partial charge on any atom is -0.364 e. The van der Waals surface area contributed by atoms with E-state index < -0.39 is 0 Å².